The van der Waals surface area contributed by atoms with Crippen molar-refractivity contribution in [3.8, 4) is 11.5 Å². The topological polar surface area (TPSA) is 120 Å². The number of nitrogens with two attached hydrogens (primary N) is 1. The van der Waals surface area contributed by atoms with Crippen LogP contribution in [0.4, 0.5) is 5.69 Å². The molecule has 9 nitrogen and oxygen atoms in total. The number of aryl methyl sites for hydroxylation is 2. The number of anilines is 1. The van der Waals surface area contributed by atoms with Gasteiger partial charge >= 0.3 is 0 Å². The maximum atomic E-state index is 13.4. The van der Waals surface area contributed by atoms with Gasteiger partial charge in [0.15, 0.2) is 11.5 Å². The normalized spacial score (nSPS) is 12.5. The third-order valence-corrected chi connectivity index (χ3v) is 5.93. The van der Waals surface area contributed by atoms with Gasteiger partial charge in [0.2, 0.25) is 6.79 Å². The largest absolute Gasteiger partial charge is 0.454 e. The van der Waals surface area contributed by atoms with Crippen molar-refractivity contribution < 1.29 is 23.6 Å². The molecule has 0 fully saturated rings. The second-order valence-electron chi connectivity index (χ2n) is 9.45. The average Bonchev–Trinajstić information content (AvgIpc) is 3.44. The minimum Gasteiger partial charge on any atom is -0.454 e. The van der Waals surface area contributed by atoms with Crippen molar-refractivity contribution in [2.45, 2.75) is 34.2 Å². The summed E-state index contributed by atoms with van der Waals surface area (Å²) in [4.78, 5) is 27.8. The SMILES string of the molecule is Cc1noc(C)c1C(=O)N(Cc1ccc(NC(=O)c2ccc3c(c2)OCO3)cc1)CC(C)(C)CN. The van der Waals surface area contributed by atoms with Crippen LogP contribution in [0.3, 0.4) is 0 Å². The molecule has 35 heavy (non-hydrogen) atoms. The molecular weight excluding hydrogens is 448 g/mol. The standard InChI is InChI=1S/C26H30N4O5/c1-16-23(17(2)35-29-16)25(32)30(14-26(3,4)13-27)12-18-5-8-20(9-6-18)28-24(31)19-7-10-21-22(11-19)34-15-33-21/h5-11H,12-15,27H2,1-4H3,(H,28,31). The van der Waals surface area contributed by atoms with Crippen LogP contribution >= 0.6 is 0 Å². The summed E-state index contributed by atoms with van der Waals surface area (Å²) in [7, 11) is 0. The highest BCUT2D eigenvalue weighted by Gasteiger charge is 2.28. The van der Waals surface area contributed by atoms with Gasteiger partial charge in [-0.2, -0.15) is 0 Å². The molecule has 2 amide bonds. The molecule has 1 aliphatic heterocycles. The molecule has 2 heterocycles. The summed E-state index contributed by atoms with van der Waals surface area (Å²) in [6.45, 7) is 8.97. The lowest BCUT2D eigenvalue weighted by molar-refractivity contribution is 0.0670. The fourth-order valence-electron chi connectivity index (χ4n) is 3.88. The fraction of sp³-hybridized carbons (Fsp3) is 0.346. The van der Waals surface area contributed by atoms with Gasteiger partial charge < -0.3 is 29.9 Å². The number of nitrogens with zero attached hydrogens (tertiary/aromatic N) is 2. The number of hydrogen-bond acceptors (Lipinski definition) is 7. The molecule has 3 aromatic rings. The van der Waals surface area contributed by atoms with E-state index in [1.54, 1.807) is 36.9 Å². The Morgan fingerprint density at radius 2 is 1.80 bits per heavy atom. The average molecular weight is 479 g/mol. The van der Waals surface area contributed by atoms with Crippen LogP contribution in [0, 0.1) is 19.3 Å². The zero-order valence-electron chi connectivity index (χ0n) is 20.4. The Hall–Kier alpha value is -3.85. The van der Waals surface area contributed by atoms with E-state index < -0.39 is 0 Å². The maximum absolute atomic E-state index is 13.4. The van der Waals surface area contributed by atoms with Crippen LogP contribution in [0.1, 0.15) is 51.6 Å². The zero-order valence-corrected chi connectivity index (χ0v) is 20.4. The van der Waals surface area contributed by atoms with Gasteiger partial charge in [-0.05, 0) is 61.7 Å². The lowest BCUT2D eigenvalue weighted by atomic mass is 9.92. The van der Waals surface area contributed by atoms with Gasteiger partial charge in [-0.15, -0.1) is 0 Å². The summed E-state index contributed by atoms with van der Waals surface area (Å²) in [5.74, 6) is 1.26. The third kappa shape index (κ3) is 5.46. The van der Waals surface area contributed by atoms with Crippen molar-refractivity contribution in [1.29, 1.82) is 0 Å². The molecule has 0 saturated carbocycles. The van der Waals surface area contributed by atoms with Crippen LogP contribution in [0.15, 0.2) is 47.0 Å². The molecule has 2 aromatic carbocycles. The van der Waals surface area contributed by atoms with E-state index in [0.717, 1.165) is 5.56 Å². The number of amides is 2. The highest BCUT2D eigenvalue weighted by atomic mass is 16.7. The molecule has 0 bridgehead atoms. The number of benzene rings is 2. The number of aromatic nitrogens is 1. The minimum absolute atomic E-state index is 0.150. The van der Waals surface area contributed by atoms with E-state index in [1.807, 2.05) is 38.1 Å². The Morgan fingerprint density at radius 3 is 2.46 bits per heavy atom. The predicted octanol–water partition coefficient (Wildman–Crippen LogP) is 3.90. The van der Waals surface area contributed by atoms with E-state index in [0.29, 0.717) is 59.4 Å². The predicted molar refractivity (Wildman–Crippen MR) is 131 cm³/mol. The smallest absolute Gasteiger partial charge is 0.259 e. The van der Waals surface area contributed by atoms with Gasteiger partial charge in [-0.3, -0.25) is 9.59 Å². The number of rotatable bonds is 8. The summed E-state index contributed by atoms with van der Waals surface area (Å²) in [6.07, 6.45) is 0. The van der Waals surface area contributed by atoms with Gasteiger partial charge in [-0.1, -0.05) is 31.1 Å². The van der Waals surface area contributed by atoms with Gasteiger partial charge in [0.05, 0.1) is 5.69 Å². The zero-order chi connectivity index (χ0) is 25.2. The molecule has 0 saturated heterocycles. The van der Waals surface area contributed by atoms with E-state index in [9.17, 15) is 9.59 Å². The van der Waals surface area contributed by atoms with Crippen molar-refractivity contribution in [2.24, 2.45) is 11.1 Å². The summed E-state index contributed by atoms with van der Waals surface area (Å²) < 4.78 is 15.8. The van der Waals surface area contributed by atoms with E-state index in [4.69, 9.17) is 19.7 Å². The second-order valence-corrected chi connectivity index (χ2v) is 9.45. The highest BCUT2D eigenvalue weighted by Crippen LogP contribution is 2.32. The molecule has 9 heteroatoms. The van der Waals surface area contributed by atoms with E-state index in [1.165, 1.54) is 0 Å². The molecule has 0 unspecified atom stereocenters. The molecule has 1 aromatic heterocycles. The lowest BCUT2D eigenvalue weighted by Gasteiger charge is -2.32. The molecule has 184 valence electrons. The molecule has 3 N–H and O–H groups in total. The van der Waals surface area contributed by atoms with Crippen molar-refractivity contribution >= 4 is 17.5 Å². The van der Waals surface area contributed by atoms with Crippen LogP contribution in [0.2, 0.25) is 0 Å². The molecule has 0 atom stereocenters. The van der Waals surface area contributed by atoms with Crippen molar-refractivity contribution in [3.63, 3.8) is 0 Å². The number of ether oxygens (including phenoxy) is 2. The van der Waals surface area contributed by atoms with Crippen LogP contribution < -0.4 is 20.5 Å². The number of hydrogen-bond donors (Lipinski definition) is 2. The monoisotopic (exact) mass is 478 g/mol. The molecular formula is C26H30N4O5. The fourth-order valence-corrected chi connectivity index (χ4v) is 3.88. The number of nitrogens with one attached hydrogen (secondary N) is 1. The Balaban J connectivity index is 1.48. The molecule has 0 radical (unpaired) electrons. The molecule has 0 aliphatic carbocycles. The van der Waals surface area contributed by atoms with Gasteiger partial charge in [-0.25, -0.2) is 0 Å². The first kappa shape index (κ1) is 24.3. The lowest BCUT2D eigenvalue weighted by Crippen LogP contribution is -2.42. The van der Waals surface area contributed by atoms with Crippen LogP contribution in [-0.2, 0) is 6.54 Å². The van der Waals surface area contributed by atoms with E-state index >= 15 is 0 Å². The van der Waals surface area contributed by atoms with Crippen LogP contribution in [0.5, 0.6) is 11.5 Å². The summed E-state index contributed by atoms with van der Waals surface area (Å²) in [5, 5.41) is 6.81. The Morgan fingerprint density at radius 1 is 1.09 bits per heavy atom. The first-order valence-corrected chi connectivity index (χ1v) is 11.4. The number of carbonyl (C=O) groups is 2. The van der Waals surface area contributed by atoms with E-state index in [2.05, 4.69) is 10.5 Å². The van der Waals surface area contributed by atoms with E-state index in [-0.39, 0.29) is 24.0 Å². The first-order chi connectivity index (χ1) is 16.7. The Bertz CT molecular complexity index is 1210. The van der Waals surface area contributed by atoms with Crippen LogP contribution in [0.25, 0.3) is 0 Å². The van der Waals surface area contributed by atoms with Crippen molar-refractivity contribution in [2.75, 3.05) is 25.2 Å². The maximum Gasteiger partial charge on any atom is 0.259 e. The summed E-state index contributed by atoms with van der Waals surface area (Å²) in [5.41, 5.74) is 8.74. The number of fused-ring (bicyclic) bond motifs is 1. The third-order valence-electron chi connectivity index (χ3n) is 5.93. The van der Waals surface area contributed by atoms with Gasteiger partial charge in [0, 0.05) is 24.3 Å². The molecule has 1 aliphatic rings. The quantitative estimate of drug-likeness (QED) is 0.504. The Labute approximate surface area is 204 Å². The molecule has 0 spiro atoms. The Kier molecular flexibility index (Phi) is 6.79. The van der Waals surface area contributed by atoms with Crippen LogP contribution in [-0.4, -0.2) is 41.8 Å². The number of carbonyl (C=O) groups excluding carboxylic acids is 2. The summed E-state index contributed by atoms with van der Waals surface area (Å²) >= 11 is 0. The minimum atomic E-state index is -0.271. The highest BCUT2D eigenvalue weighted by molar-refractivity contribution is 6.04. The van der Waals surface area contributed by atoms with Gasteiger partial charge in [0.25, 0.3) is 11.8 Å². The summed E-state index contributed by atoms with van der Waals surface area (Å²) in [6, 6.07) is 12.5. The second kappa shape index (κ2) is 9.79. The van der Waals surface area contributed by atoms with Crippen molar-refractivity contribution in [3.05, 3.63) is 70.6 Å². The van der Waals surface area contributed by atoms with Crippen molar-refractivity contribution in [1.82, 2.24) is 10.1 Å². The first-order valence-electron chi connectivity index (χ1n) is 11.4. The van der Waals surface area contributed by atoms with Gasteiger partial charge in [0.1, 0.15) is 11.3 Å². The molecule has 4 rings (SSSR count).